The monoisotopic (exact) mass is 552 g/mol. The zero-order valence-corrected chi connectivity index (χ0v) is 23.3. The lowest BCUT2D eigenvalue weighted by Crippen LogP contribution is -2.52. The maximum atomic E-state index is 15.8. The molecule has 1 aromatic carbocycles. The second kappa shape index (κ2) is 11.4. The van der Waals surface area contributed by atoms with Gasteiger partial charge in [0.05, 0.1) is 25.5 Å². The lowest BCUT2D eigenvalue weighted by atomic mass is 10.0. The van der Waals surface area contributed by atoms with Gasteiger partial charge in [-0.15, -0.1) is 0 Å². The number of benzene rings is 1. The molecule has 1 saturated heterocycles. The molecule has 1 aromatic heterocycles. The average molecular weight is 553 g/mol. The molecule has 5 rings (SSSR count). The van der Waals surface area contributed by atoms with E-state index in [2.05, 4.69) is 34.3 Å². The largest absolute Gasteiger partial charge is 0.495 e. The standard InChI is InChI=1S/C28H37FN8O3/c1-5-28(29)18-37(20-8-6-7-9-20)24-22(35(3)26(28)39)17-30-27(32-24)31-21-11-10-19(16-23(21)40-4)25(38)33-36-14-12-34(2)13-15-36/h5,10-11,16-17,20H,1,6-9,12-15,18H2,2-4H3,(H,33,38)(H,30,31,32)/t28-/m0/s1. The summed E-state index contributed by atoms with van der Waals surface area (Å²) in [5.41, 5.74) is 2.18. The molecule has 0 spiro atoms. The van der Waals surface area contributed by atoms with Gasteiger partial charge in [0.15, 0.2) is 5.82 Å². The molecule has 3 heterocycles. The topological polar surface area (TPSA) is 106 Å². The first-order chi connectivity index (χ1) is 19.2. The number of carbonyl (C=O) groups excluding carboxylic acids is 2. The number of alkyl halides is 1. The van der Waals surface area contributed by atoms with Crippen LogP contribution in [0.25, 0.3) is 0 Å². The Labute approximate surface area is 234 Å². The van der Waals surface area contributed by atoms with Gasteiger partial charge in [-0.1, -0.05) is 19.4 Å². The second-order valence-electron chi connectivity index (χ2n) is 10.7. The number of fused-ring (bicyclic) bond motifs is 1. The van der Waals surface area contributed by atoms with Crippen LogP contribution in [-0.2, 0) is 4.79 Å². The van der Waals surface area contributed by atoms with Gasteiger partial charge in [0.2, 0.25) is 11.6 Å². The van der Waals surface area contributed by atoms with Crippen LogP contribution in [-0.4, -0.2) is 97.3 Å². The van der Waals surface area contributed by atoms with E-state index in [-0.39, 0.29) is 24.4 Å². The third-order valence-corrected chi connectivity index (χ3v) is 8.01. The van der Waals surface area contributed by atoms with Crippen molar-refractivity contribution in [2.24, 2.45) is 0 Å². The summed E-state index contributed by atoms with van der Waals surface area (Å²) in [6.45, 7) is 6.73. The van der Waals surface area contributed by atoms with Gasteiger partial charge in [0.25, 0.3) is 11.8 Å². The first-order valence-electron chi connectivity index (χ1n) is 13.7. The minimum atomic E-state index is -2.24. The number of carbonyl (C=O) groups is 2. The van der Waals surface area contributed by atoms with Crippen molar-refractivity contribution in [3.8, 4) is 5.75 Å². The number of hydrazine groups is 1. The maximum absolute atomic E-state index is 15.8. The molecule has 0 radical (unpaired) electrons. The minimum absolute atomic E-state index is 0.0588. The van der Waals surface area contributed by atoms with E-state index in [1.165, 1.54) is 25.3 Å². The molecule has 0 unspecified atom stereocenters. The quantitative estimate of drug-likeness (QED) is 0.502. The summed E-state index contributed by atoms with van der Waals surface area (Å²) >= 11 is 0. The number of aromatic nitrogens is 2. The Balaban J connectivity index is 1.40. The molecule has 2 aliphatic heterocycles. The highest BCUT2D eigenvalue weighted by atomic mass is 19.1. The smallest absolute Gasteiger partial charge is 0.270 e. The number of halogens is 1. The molecule has 2 aromatic rings. The van der Waals surface area contributed by atoms with Crippen molar-refractivity contribution in [2.75, 3.05) is 69.0 Å². The minimum Gasteiger partial charge on any atom is -0.495 e. The van der Waals surface area contributed by atoms with Gasteiger partial charge < -0.3 is 24.8 Å². The zero-order chi connectivity index (χ0) is 28.4. The van der Waals surface area contributed by atoms with E-state index in [0.717, 1.165) is 57.9 Å². The number of nitrogens with zero attached hydrogens (tertiary/aromatic N) is 6. The summed E-state index contributed by atoms with van der Waals surface area (Å²) in [4.78, 5) is 40.5. The van der Waals surface area contributed by atoms with Gasteiger partial charge in [-0.2, -0.15) is 4.98 Å². The number of ether oxygens (including phenoxy) is 1. The Hall–Kier alpha value is -3.77. The average Bonchev–Trinajstić information content (AvgIpc) is 3.49. The van der Waals surface area contributed by atoms with Crippen LogP contribution in [0.1, 0.15) is 36.0 Å². The molecule has 2 fully saturated rings. The third kappa shape index (κ3) is 5.46. The van der Waals surface area contributed by atoms with Gasteiger partial charge in [-0.3, -0.25) is 15.0 Å². The van der Waals surface area contributed by atoms with Crippen LogP contribution in [0.4, 0.5) is 27.5 Å². The number of methoxy groups -OCH3 is 1. The first kappa shape index (κ1) is 27.8. The number of likely N-dealkylation sites (N-methyl/N-ethyl adjacent to an activating group) is 1. The SMILES string of the molecule is C=C[C@]1(F)CN(C2CCCC2)c2nc(Nc3ccc(C(=O)NN4CCN(C)CC4)cc3OC)ncc2N(C)C1=O. The van der Waals surface area contributed by atoms with Crippen molar-refractivity contribution in [3.63, 3.8) is 0 Å². The van der Waals surface area contributed by atoms with Crippen LogP contribution >= 0.6 is 0 Å². The van der Waals surface area contributed by atoms with Crippen LogP contribution in [0.15, 0.2) is 37.1 Å². The summed E-state index contributed by atoms with van der Waals surface area (Å²) in [7, 11) is 5.12. The van der Waals surface area contributed by atoms with Crippen molar-refractivity contribution in [1.82, 2.24) is 25.3 Å². The molecular formula is C28H37FN8O3. The highest BCUT2D eigenvalue weighted by Crippen LogP contribution is 2.40. The van der Waals surface area contributed by atoms with E-state index in [0.29, 0.717) is 28.5 Å². The number of anilines is 4. The third-order valence-electron chi connectivity index (χ3n) is 8.01. The number of hydrogen-bond acceptors (Lipinski definition) is 9. The van der Waals surface area contributed by atoms with E-state index >= 15 is 4.39 Å². The summed E-state index contributed by atoms with van der Waals surface area (Å²) in [5.74, 6) is 0.288. The van der Waals surface area contributed by atoms with Crippen LogP contribution in [0, 0.1) is 0 Å². The molecule has 2 N–H and O–H groups in total. The Bertz CT molecular complexity index is 1280. The summed E-state index contributed by atoms with van der Waals surface area (Å²) in [5, 5.41) is 5.10. The van der Waals surface area contributed by atoms with Gasteiger partial charge in [0.1, 0.15) is 11.4 Å². The molecule has 0 bridgehead atoms. The molecule has 214 valence electrons. The molecule has 12 heteroatoms. The molecule has 3 aliphatic rings. The van der Waals surface area contributed by atoms with Crippen molar-refractivity contribution in [2.45, 2.75) is 37.4 Å². The Morgan fingerprint density at radius 1 is 1.20 bits per heavy atom. The lowest BCUT2D eigenvalue weighted by Gasteiger charge is -2.32. The number of piperazine rings is 1. The molecule has 40 heavy (non-hydrogen) atoms. The predicted octanol–water partition coefficient (Wildman–Crippen LogP) is 2.74. The fourth-order valence-corrected chi connectivity index (χ4v) is 5.51. The number of hydrogen-bond donors (Lipinski definition) is 2. The molecule has 1 atom stereocenters. The van der Waals surface area contributed by atoms with Crippen molar-refractivity contribution >= 4 is 35.0 Å². The molecule has 1 aliphatic carbocycles. The predicted molar refractivity (Wildman–Crippen MR) is 152 cm³/mol. The molecule has 11 nitrogen and oxygen atoms in total. The van der Waals surface area contributed by atoms with E-state index in [1.807, 2.05) is 9.91 Å². The highest BCUT2D eigenvalue weighted by molar-refractivity contribution is 6.04. The van der Waals surface area contributed by atoms with Gasteiger partial charge in [0, 0.05) is 44.8 Å². The second-order valence-corrected chi connectivity index (χ2v) is 10.7. The van der Waals surface area contributed by atoms with E-state index in [9.17, 15) is 9.59 Å². The van der Waals surface area contributed by atoms with Gasteiger partial charge in [-0.05, 0) is 44.2 Å². The normalized spacial score (nSPS) is 22.6. The van der Waals surface area contributed by atoms with Crippen molar-refractivity contribution in [3.05, 3.63) is 42.6 Å². The Kier molecular flexibility index (Phi) is 7.90. The van der Waals surface area contributed by atoms with Crippen LogP contribution in [0.5, 0.6) is 5.75 Å². The molecule has 1 saturated carbocycles. The van der Waals surface area contributed by atoms with Crippen LogP contribution in [0.2, 0.25) is 0 Å². The van der Waals surface area contributed by atoms with Crippen LogP contribution in [0.3, 0.4) is 0 Å². The fraction of sp³-hybridized carbons (Fsp3) is 0.500. The summed E-state index contributed by atoms with van der Waals surface area (Å²) in [6.07, 6.45) is 6.47. The summed E-state index contributed by atoms with van der Waals surface area (Å²) < 4.78 is 21.4. The first-order valence-corrected chi connectivity index (χ1v) is 13.7. The zero-order valence-electron chi connectivity index (χ0n) is 23.3. The van der Waals surface area contributed by atoms with E-state index < -0.39 is 11.6 Å². The van der Waals surface area contributed by atoms with Gasteiger partial charge >= 0.3 is 0 Å². The number of nitrogens with one attached hydrogen (secondary N) is 2. The van der Waals surface area contributed by atoms with Crippen LogP contribution < -0.4 is 25.3 Å². The molecular weight excluding hydrogens is 515 g/mol. The molecule has 2 amide bonds. The van der Waals surface area contributed by atoms with Crippen molar-refractivity contribution in [1.29, 1.82) is 0 Å². The van der Waals surface area contributed by atoms with E-state index in [4.69, 9.17) is 9.72 Å². The Morgan fingerprint density at radius 2 is 1.93 bits per heavy atom. The number of rotatable bonds is 7. The van der Waals surface area contributed by atoms with E-state index in [1.54, 1.807) is 18.2 Å². The lowest BCUT2D eigenvalue weighted by molar-refractivity contribution is -0.126. The fourth-order valence-electron chi connectivity index (χ4n) is 5.51. The number of amides is 2. The van der Waals surface area contributed by atoms with Crippen molar-refractivity contribution < 1.29 is 18.7 Å². The highest BCUT2D eigenvalue weighted by Gasteiger charge is 2.46. The summed E-state index contributed by atoms with van der Waals surface area (Å²) in [6, 6.07) is 5.17. The Morgan fingerprint density at radius 3 is 2.60 bits per heavy atom. The maximum Gasteiger partial charge on any atom is 0.270 e. The van der Waals surface area contributed by atoms with Gasteiger partial charge in [-0.25, -0.2) is 14.4 Å².